The van der Waals surface area contributed by atoms with Gasteiger partial charge in [0.1, 0.15) is 0 Å². The fourth-order valence-corrected chi connectivity index (χ4v) is 5.00. The summed E-state index contributed by atoms with van der Waals surface area (Å²) in [4.78, 5) is 7.93. The van der Waals surface area contributed by atoms with Crippen molar-refractivity contribution in [2.45, 2.75) is 11.8 Å². The maximum atomic E-state index is 12.5. The number of fused-ring (bicyclic) bond motifs is 4. The Balaban J connectivity index is 1.87. The van der Waals surface area contributed by atoms with E-state index >= 15 is 0 Å². The summed E-state index contributed by atoms with van der Waals surface area (Å²) in [7, 11) is -3.63. The highest BCUT2D eigenvalue weighted by atomic mass is 32.2. The van der Waals surface area contributed by atoms with Crippen molar-refractivity contribution in [3.8, 4) is 17.1 Å². The van der Waals surface area contributed by atoms with Crippen LogP contribution in [-0.4, -0.2) is 30.0 Å². The Morgan fingerprint density at radius 3 is 2.40 bits per heavy atom. The zero-order valence-electron chi connectivity index (χ0n) is 16.2. The van der Waals surface area contributed by atoms with E-state index in [0.29, 0.717) is 28.7 Å². The molecule has 5 aromatic rings. The number of para-hydroxylation sites is 1. The Kier molecular flexibility index (Phi) is 4.23. The normalized spacial score (nSPS) is 12.2. The lowest BCUT2D eigenvalue weighted by Crippen LogP contribution is -2.22. The van der Waals surface area contributed by atoms with Crippen LogP contribution in [0.4, 0.5) is 0 Å². The Morgan fingerprint density at radius 2 is 1.63 bits per heavy atom. The molecule has 0 bridgehead atoms. The van der Waals surface area contributed by atoms with Crippen LogP contribution in [0.25, 0.3) is 43.8 Å². The highest BCUT2D eigenvalue weighted by molar-refractivity contribution is 7.89. The molecule has 5 rings (SSSR count). The van der Waals surface area contributed by atoms with Crippen molar-refractivity contribution >= 4 is 42.6 Å². The van der Waals surface area contributed by atoms with E-state index in [1.165, 1.54) is 6.07 Å². The number of nitrogens with zero attached hydrogens (tertiary/aromatic N) is 1. The van der Waals surface area contributed by atoms with Gasteiger partial charge < -0.3 is 10.1 Å². The predicted octanol–water partition coefficient (Wildman–Crippen LogP) is 4.54. The lowest BCUT2D eigenvalue weighted by molar-refractivity contribution is 0.460. The molecule has 3 aromatic carbocycles. The van der Waals surface area contributed by atoms with Crippen molar-refractivity contribution in [1.82, 2.24) is 14.7 Å². The van der Waals surface area contributed by atoms with Crippen molar-refractivity contribution in [2.75, 3.05) is 6.54 Å². The quantitative estimate of drug-likeness (QED) is 0.374. The zero-order valence-corrected chi connectivity index (χ0v) is 17.0. The molecule has 0 atom stereocenters. The van der Waals surface area contributed by atoms with Gasteiger partial charge in [-0.2, -0.15) is 0 Å². The number of aromatic amines is 1. The molecule has 0 unspecified atom stereocenters. The van der Waals surface area contributed by atoms with Gasteiger partial charge in [0.25, 0.3) is 0 Å². The van der Waals surface area contributed by atoms with Crippen molar-refractivity contribution in [3.05, 3.63) is 66.7 Å². The summed E-state index contributed by atoms with van der Waals surface area (Å²) in [5, 5.41) is 14.3. The van der Waals surface area contributed by atoms with Gasteiger partial charge in [-0.05, 0) is 29.7 Å². The fourth-order valence-electron chi connectivity index (χ4n) is 3.93. The monoisotopic (exact) mass is 417 g/mol. The van der Waals surface area contributed by atoms with Gasteiger partial charge in [-0.15, -0.1) is 0 Å². The lowest BCUT2D eigenvalue weighted by Gasteiger charge is -2.10. The van der Waals surface area contributed by atoms with Crippen LogP contribution in [0.15, 0.2) is 71.6 Å². The van der Waals surface area contributed by atoms with Gasteiger partial charge in [0, 0.05) is 28.2 Å². The van der Waals surface area contributed by atoms with E-state index < -0.39 is 10.0 Å². The summed E-state index contributed by atoms with van der Waals surface area (Å²) in [6.07, 6.45) is 0. The maximum Gasteiger partial charge on any atom is 0.240 e. The second-order valence-corrected chi connectivity index (χ2v) is 8.85. The lowest BCUT2D eigenvalue weighted by atomic mass is 9.99. The van der Waals surface area contributed by atoms with E-state index in [1.54, 1.807) is 19.1 Å². The molecular formula is C23H19N3O3S. The summed E-state index contributed by atoms with van der Waals surface area (Å²) in [6.45, 7) is 2.03. The third kappa shape index (κ3) is 2.82. The molecule has 7 heteroatoms. The number of aromatic nitrogens is 2. The van der Waals surface area contributed by atoms with E-state index in [2.05, 4.69) is 9.71 Å². The predicted molar refractivity (Wildman–Crippen MR) is 119 cm³/mol. The van der Waals surface area contributed by atoms with E-state index in [0.717, 1.165) is 21.7 Å². The van der Waals surface area contributed by atoms with Crippen molar-refractivity contribution in [1.29, 1.82) is 0 Å². The highest BCUT2D eigenvalue weighted by Gasteiger charge is 2.21. The van der Waals surface area contributed by atoms with E-state index in [9.17, 15) is 13.5 Å². The first-order valence-corrected chi connectivity index (χ1v) is 11.1. The maximum absolute atomic E-state index is 12.5. The highest BCUT2D eigenvalue weighted by Crippen LogP contribution is 2.41. The van der Waals surface area contributed by atoms with Crippen molar-refractivity contribution in [3.63, 3.8) is 0 Å². The molecule has 2 heterocycles. The van der Waals surface area contributed by atoms with Crippen LogP contribution in [0.3, 0.4) is 0 Å². The number of rotatable bonds is 4. The first kappa shape index (κ1) is 18.6. The molecule has 6 nitrogen and oxygen atoms in total. The number of aromatic hydroxyl groups is 1. The summed E-state index contributed by atoms with van der Waals surface area (Å²) in [5.74, 6) is -0.0454. The largest absolute Gasteiger partial charge is 0.494 e. The van der Waals surface area contributed by atoms with Gasteiger partial charge in [0.15, 0.2) is 5.88 Å². The molecule has 0 saturated heterocycles. The second-order valence-electron chi connectivity index (χ2n) is 7.08. The summed E-state index contributed by atoms with van der Waals surface area (Å²) in [5.41, 5.74) is 2.53. The molecule has 30 heavy (non-hydrogen) atoms. The fraction of sp³-hybridized carbons (Fsp3) is 0.0870. The summed E-state index contributed by atoms with van der Waals surface area (Å²) in [6, 6.07) is 20.5. The Bertz CT molecular complexity index is 1540. The smallest absolute Gasteiger partial charge is 0.240 e. The number of benzene rings is 3. The Morgan fingerprint density at radius 1 is 0.933 bits per heavy atom. The van der Waals surface area contributed by atoms with Gasteiger partial charge >= 0.3 is 0 Å². The third-order valence-electron chi connectivity index (χ3n) is 5.24. The Hall–Kier alpha value is -3.42. The zero-order chi connectivity index (χ0) is 20.9. The van der Waals surface area contributed by atoms with Crippen molar-refractivity contribution < 1.29 is 13.5 Å². The van der Waals surface area contributed by atoms with Crippen LogP contribution in [0.5, 0.6) is 5.88 Å². The molecule has 0 spiro atoms. The molecule has 150 valence electrons. The number of sulfonamides is 1. The van der Waals surface area contributed by atoms with Gasteiger partial charge in [-0.3, -0.25) is 0 Å². The number of pyridine rings is 1. The molecule has 0 saturated carbocycles. The van der Waals surface area contributed by atoms with Gasteiger partial charge in [-0.1, -0.05) is 49.4 Å². The minimum atomic E-state index is -3.63. The molecule has 0 fully saturated rings. The minimum absolute atomic E-state index is 0.0454. The van der Waals surface area contributed by atoms with E-state index in [-0.39, 0.29) is 10.8 Å². The van der Waals surface area contributed by atoms with Gasteiger partial charge in [-0.25, -0.2) is 18.1 Å². The molecule has 0 aliphatic carbocycles. The molecule has 0 amide bonds. The number of H-pyrrole nitrogens is 1. The van der Waals surface area contributed by atoms with Crippen LogP contribution >= 0.6 is 0 Å². The van der Waals surface area contributed by atoms with Crippen LogP contribution in [0.1, 0.15) is 6.92 Å². The van der Waals surface area contributed by atoms with E-state index in [1.807, 2.05) is 48.5 Å². The first-order valence-electron chi connectivity index (χ1n) is 9.62. The van der Waals surface area contributed by atoms with Crippen molar-refractivity contribution in [2.24, 2.45) is 0 Å². The molecule has 3 N–H and O–H groups in total. The number of hydrogen-bond donors (Lipinski definition) is 3. The Labute approximate surface area is 173 Å². The molecule has 0 aliphatic heterocycles. The number of hydrogen-bond acceptors (Lipinski definition) is 4. The third-order valence-corrected chi connectivity index (χ3v) is 6.78. The topological polar surface area (TPSA) is 95.1 Å². The second kappa shape index (κ2) is 6.83. The average molecular weight is 417 g/mol. The van der Waals surface area contributed by atoms with E-state index in [4.69, 9.17) is 4.98 Å². The number of nitrogens with one attached hydrogen (secondary N) is 2. The van der Waals surface area contributed by atoms with Crippen LogP contribution in [-0.2, 0) is 10.0 Å². The summed E-state index contributed by atoms with van der Waals surface area (Å²) >= 11 is 0. The average Bonchev–Trinajstić information content (AvgIpc) is 3.08. The standard InChI is InChI=1S/C23H19N3O3S/c1-2-24-30(28,29)14-11-12-20-18(13-14)21(23(27)26-20)22-17-9-4-3-7-15(17)16-8-5-6-10-19(16)25-22/h3-13,24,26-27H,2H2,1H3. The molecule has 0 radical (unpaired) electrons. The molecular weight excluding hydrogens is 398 g/mol. The first-order chi connectivity index (χ1) is 14.5. The minimum Gasteiger partial charge on any atom is -0.494 e. The van der Waals surface area contributed by atoms with Crippen LogP contribution in [0, 0.1) is 0 Å². The van der Waals surface area contributed by atoms with Crippen LogP contribution in [0.2, 0.25) is 0 Å². The molecule has 2 aromatic heterocycles. The summed E-state index contributed by atoms with van der Waals surface area (Å²) < 4.78 is 27.5. The van der Waals surface area contributed by atoms with Crippen LogP contribution < -0.4 is 4.72 Å². The molecule has 0 aliphatic rings. The SMILES string of the molecule is CCNS(=O)(=O)c1ccc2[nH]c(O)c(-c3nc4ccccc4c4ccccc34)c2c1. The van der Waals surface area contributed by atoms with Gasteiger partial charge in [0.05, 0.1) is 21.7 Å². The van der Waals surface area contributed by atoms with Gasteiger partial charge in [0.2, 0.25) is 10.0 Å².